The van der Waals surface area contributed by atoms with Crippen LogP contribution in [-0.4, -0.2) is 12.6 Å². The molecule has 0 heterocycles. The van der Waals surface area contributed by atoms with Gasteiger partial charge in [0, 0.05) is 6.42 Å². The Labute approximate surface area is 105 Å². The molecule has 0 amide bonds. The Morgan fingerprint density at radius 1 is 1.29 bits per heavy atom. The summed E-state index contributed by atoms with van der Waals surface area (Å²) in [5.41, 5.74) is 2.44. The SMILES string of the molecule is C=CC/C(=C\CCC(=C)C)CCC(=O)OCC. The summed E-state index contributed by atoms with van der Waals surface area (Å²) in [6, 6.07) is 0. The summed E-state index contributed by atoms with van der Waals surface area (Å²) in [4.78, 5) is 11.2. The van der Waals surface area contributed by atoms with E-state index in [1.807, 2.05) is 19.9 Å². The van der Waals surface area contributed by atoms with E-state index in [1.54, 1.807) is 0 Å². The van der Waals surface area contributed by atoms with Crippen molar-refractivity contribution in [3.05, 3.63) is 36.5 Å². The van der Waals surface area contributed by atoms with E-state index in [-0.39, 0.29) is 5.97 Å². The van der Waals surface area contributed by atoms with E-state index in [0.717, 1.165) is 25.7 Å². The molecule has 0 aliphatic heterocycles. The predicted molar refractivity (Wildman–Crippen MR) is 72.8 cm³/mol. The normalized spacial score (nSPS) is 11.1. The van der Waals surface area contributed by atoms with E-state index in [2.05, 4.69) is 19.2 Å². The lowest BCUT2D eigenvalue weighted by molar-refractivity contribution is -0.143. The van der Waals surface area contributed by atoms with E-state index < -0.39 is 0 Å². The van der Waals surface area contributed by atoms with E-state index in [9.17, 15) is 4.79 Å². The molecular weight excluding hydrogens is 212 g/mol. The fourth-order valence-corrected chi connectivity index (χ4v) is 1.49. The first kappa shape index (κ1) is 15.7. The van der Waals surface area contributed by atoms with Crippen LogP contribution in [0.5, 0.6) is 0 Å². The lowest BCUT2D eigenvalue weighted by Crippen LogP contribution is -2.03. The van der Waals surface area contributed by atoms with Crippen molar-refractivity contribution in [2.45, 2.75) is 46.0 Å². The van der Waals surface area contributed by atoms with Crippen molar-refractivity contribution in [3.63, 3.8) is 0 Å². The van der Waals surface area contributed by atoms with Gasteiger partial charge in [0.2, 0.25) is 0 Å². The number of esters is 1. The first-order valence-corrected chi connectivity index (χ1v) is 6.19. The highest BCUT2D eigenvalue weighted by Crippen LogP contribution is 2.14. The van der Waals surface area contributed by atoms with Gasteiger partial charge in [-0.1, -0.05) is 23.3 Å². The molecule has 0 aliphatic rings. The van der Waals surface area contributed by atoms with Crippen LogP contribution < -0.4 is 0 Å². The van der Waals surface area contributed by atoms with Gasteiger partial charge in [0.15, 0.2) is 0 Å². The van der Waals surface area contributed by atoms with Gasteiger partial charge in [0.1, 0.15) is 0 Å². The van der Waals surface area contributed by atoms with Crippen molar-refractivity contribution in [2.75, 3.05) is 6.61 Å². The van der Waals surface area contributed by atoms with Gasteiger partial charge in [-0.25, -0.2) is 0 Å². The summed E-state index contributed by atoms with van der Waals surface area (Å²) in [5.74, 6) is -0.123. The second-order valence-corrected chi connectivity index (χ2v) is 4.16. The standard InChI is InChI=1S/C15H24O2/c1-5-8-14(10-7-9-13(3)4)11-12-15(16)17-6-2/h5,10H,1,3,6-9,11-12H2,2,4H3/b14-10+. The van der Waals surface area contributed by atoms with Crippen LogP contribution in [0.25, 0.3) is 0 Å². The Morgan fingerprint density at radius 3 is 2.53 bits per heavy atom. The molecule has 0 aliphatic carbocycles. The number of rotatable bonds is 9. The second-order valence-electron chi connectivity index (χ2n) is 4.16. The zero-order chi connectivity index (χ0) is 13.1. The predicted octanol–water partition coefficient (Wildman–Crippen LogP) is 4.19. The Morgan fingerprint density at radius 2 is 2.00 bits per heavy atom. The van der Waals surface area contributed by atoms with Gasteiger partial charge in [-0.05, 0) is 39.5 Å². The Bertz CT molecular complexity index is 287. The lowest BCUT2D eigenvalue weighted by Gasteiger charge is -2.05. The minimum absolute atomic E-state index is 0.123. The summed E-state index contributed by atoms with van der Waals surface area (Å²) < 4.78 is 4.91. The van der Waals surface area contributed by atoms with Crippen LogP contribution in [0.3, 0.4) is 0 Å². The van der Waals surface area contributed by atoms with Crippen LogP contribution in [-0.2, 0) is 9.53 Å². The fourth-order valence-electron chi connectivity index (χ4n) is 1.49. The lowest BCUT2D eigenvalue weighted by atomic mass is 10.0. The van der Waals surface area contributed by atoms with Gasteiger partial charge in [0.05, 0.1) is 6.61 Å². The van der Waals surface area contributed by atoms with Crippen molar-refractivity contribution in [1.29, 1.82) is 0 Å². The quantitative estimate of drug-likeness (QED) is 0.443. The van der Waals surface area contributed by atoms with Crippen molar-refractivity contribution >= 4 is 5.97 Å². The summed E-state index contributed by atoms with van der Waals surface area (Å²) >= 11 is 0. The number of hydrogen-bond donors (Lipinski definition) is 0. The molecule has 2 heteroatoms. The van der Waals surface area contributed by atoms with Gasteiger partial charge in [-0.15, -0.1) is 13.2 Å². The number of ether oxygens (including phenoxy) is 1. The van der Waals surface area contributed by atoms with Crippen LogP contribution in [0.15, 0.2) is 36.5 Å². The molecule has 96 valence electrons. The molecule has 0 unspecified atom stereocenters. The van der Waals surface area contributed by atoms with Gasteiger partial charge in [-0.3, -0.25) is 4.79 Å². The molecule has 0 atom stereocenters. The van der Waals surface area contributed by atoms with E-state index in [4.69, 9.17) is 4.74 Å². The largest absolute Gasteiger partial charge is 0.466 e. The first-order valence-electron chi connectivity index (χ1n) is 6.19. The van der Waals surface area contributed by atoms with Crippen LogP contribution in [0, 0.1) is 0 Å². The maximum atomic E-state index is 11.2. The van der Waals surface area contributed by atoms with Gasteiger partial charge in [0.25, 0.3) is 0 Å². The minimum Gasteiger partial charge on any atom is -0.466 e. The summed E-state index contributed by atoms with van der Waals surface area (Å²) in [6.07, 6.45) is 8.12. The highest BCUT2D eigenvalue weighted by Gasteiger charge is 2.03. The minimum atomic E-state index is -0.123. The van der Waals surface area contributed by atoms with E-state index in [1.165, 1.54) is 11.1 Å². The third-order valence-electron chi connectivity index (χ3n) is 2.37. The van der Waals surface area contributed by atoms with Gasteiger partial charge < -0.3 is 4.74 Å². The molecule has 0 rings (SSSR count). The average molecular weight is 236 g/mol. The molecule has 0 aromatic heterocycles. The van der Waals surface area contributed by atoms with E-state index >= 15 is 0 Å². The van der Waals surface area contributed by atoms with Crippen LogP contribution in [0.4, 0.5) is 0 Å². The van der Waals surface area contributed by atoms with Crippen LogP contribution in [0.2, 0.25) is 0 Å². The third-order valence-corrected chi connectivity index (χ3v) is 2.37. The molecule has 0 saturated heterocycles. The number of hydrogen-bond acceptors (Lipinski definition) is 2. The monoisotopic (exact) mass is 236 g/mol. The smallest absolute Gasteiger partial charge is 0.306 e. The average Bonchev–Trinajstić information content (AvgIpc) is 2.26. The molecule has 0 N–H and O–H groups in total. The summed E-state index contributed by atoms with van der Waals surface area (Å²) in [5, 5.41) is 0. The first-order chi connectivity index (χ1) is 8.10. The van der Waals surface area contributed by atoms with Gasteiger partial charge >= 0.3 is 5.97 Å². The second kappa shape index (κ2) is 9.88. The molecular formula is C15H24O2. The topological polar surface area (TPSA) is 26.3 Å². The summed E-state index contributed by atoms with van der Waals surface area (Å²) in [6.45, 7) is 11.9. The Kier molecular flexibility index (Phi) is 9.12. The number of allylic oxidation sites excluding steroid dienone is 4. The highest BCUT2D eigenvalue weighted by molar-refractivity contribution is 5.69. The molecule has 2 nitrogen and oxygen atoms in total. The number of carbonyl (C=O) groups excluding carboxylic acids is 1. The van der Waals surface area contributed by atoms with Crippen molar-refractivity contribution in [2.24, 2.45) is 0 Å². The fraction of sp³-hybridized carbons (Fsp3) is 0.533. The zero-order valence-electron chi connectivity index (χ0n) is 11.1. The Balaban J connectivity index is 4.08. The van der Waals surface area contributed by atoms with Crippen LogP contribution in [0.1, 0.15) is 46.0 Å². The molecule has 0 radical (unpaired) electrons. The van der Waals surface area contributed by atoms with Crippen LogP contribution >= 0.6 is 0 Å². The molecule has 0 spiro atoms. The molecule has 17 heavy (non-hydrogen) atoms. The maximum absolute atomic E-state index is 11.2. The molecule has 0 aromatic carbocycles. The molecule has 0 saturated carbocycles. The molecule has 0 aromatic rings. The Hall–Kier alpha value is -1.31. The number of carbonyl (C=O) groups is 1. The van der Waals surface area contributed by atoms with Crippen molar-refractivity contribution in [1.82, 2.24) is 0 Å². The zero-order valence-corrected chi connectivity index (χ0v) is 11.1. The third kappa shape index (κ3) is 9.61. The summed E-state index contributed by atoms with van der Waals surface area (Å²) in [7, 11) is 0. The highest BCUT2D eigenvalue weighted by atomic mass is 16.5. The van der Waals surface area contributed by atoms with Crippen molar-refractivity contribution < 1.29 is 9.53 Å². The van der Waals surface area contributed by atoms with E-state index in [0.29, 0.717) is 13.0 Å². The maximum Gasteiger partial charge on any atom is 0.306 e. The molecule has 0 bridgehead atoms. The molecule has 0 fully saturated rings. The van der Waals surface area contributed by atoms with Crippen molar-refractivity contribution in [3.8, 4) is 0 Å². The van der Waals surface area contributed by atoms with Gasteiger partial charge in [-0.2, -0.15) is 0 Å².